The predicted molar refractivity (Wildman–Crippen MR) is 127 cm³/mol. The second-order valence-electron chi connectivity index (χ2n) is 9.13. The number of hydrogen-bond acceptors (Lipinski definition) is 4. The van der Waals surface area contributed by atoms with Crippen LogP contribution in [-0.2, 0) is 4.74 Å². The first-order valence-electron chi connectivity index (χ1n) is 12.5. The van der Waals surface area contributed by atoms with E-state index in [0.29, 0.717) is 6.61 Å². The van der Waals surface area contributed by atoms with Gasteiger partial charge in [-0.25, -0.2) is 0 Å². The average molecular weight is 432 g/mol. The quantitative estimate of drug-likeness (QED) is 0.110. The van der Waals surface area contributed by atoms with Crippen LogP contribution in [0.15, 0.2) is 11.8 Å². The Kier molecular flexibility index (Phi) is 22.2. The molecule has 0 aromatic carbocycles. The van der Waals surface area contributed by atoms with E-state index >= 15 is 0 Å². The standard InChI is InChI=1S/C25H51NO3.H2O/c1-5-7-8-9-10-11-12-13-14-15-16-17-18-19-20-21-22-23-26(3,4)24(27)25(28)29-6-2;/h5-23H2,1-4H3,(H-,27,28);1H2. The van der Waals surface area contributed by atoms with Gasteiger partial charge in [-0.2, -0.15) is 0 Å². The van der Waals surface area contributed by atoms with E-state index in [2.05, 4.69) is 6.92 Å². The van der Waals surface area contributed by atoms with Crippen LogP contribution < -0.4 is 0 Å². The fourth-order valence-electron chi connectivity index (χ4n) is 3.80. The van der Waals surface area contributed by atoms with Crippen molar-refractivity contribution >= 4 is 0 Å². The van der Waals surface area contributed by atoms with E-state index in [1.54, 1.807) is 6.92 Å². The average Bonchev–Trinajstić information content (AvgIpc) is 2.69. The van der Waals surface area contributed by atoms with Crippen LogP contribution in [0.5, 0.6) is 0 Å². The van der Waals surface area contributed by atoms with E-state index in [4.69, 9.17) is 4.74 Å². The van der Waals surface area contributed by atoms with Gasteiger partial charge in [0, 0.05) is 0 Å². The van der Waals surface area contributed by atoms with Crippen molar-refractivity contribution in [1.82, 2.24) is 0 Å². The molecule has 0 spiro atoms. The SMILES string of the molecule is CCCCCCCCCCCCCCCCCCC[N+](C)(C)C(O)=C(O)OCC.[OH-]. The Bertz CT molecular complexity index is 397. The van der Waals surface area contributed by atoms with Crippen LogP contribution in [-0.4, -0.2) is 47.4 Å². The van der Waals surface area contributed by atoms with Crippen molar-refractivity contribution < 1.29 is 24.9 Å². The van der Waals surface area contributed by atoms with Crippen molar-refractivity contribution in [3.63, 3.8) is 0 Å². The lowest BCUT2D eigenvalue weighted by Crippen LogP contribution is -2.40. The Balaban J connectivity index is 0. The molecular formula is C25H53NO4. The lowest BCUT2D eigenvalue weighted by atomic mass is 10.0. The van der Waals surface area contributed by atoms with Gasteiger partial charge >= 0.3 is 11.8 Å². The van der Waals surface area contributed by atoms with Gasteiger partial charge in [-0.1, -0.05) is 103 Å². The van der Waals surface area contributed by atoms with E-state index in [0.717, 1.165) is 13.0 Å². The zero-order valence-corrected chi connectivity index (χ0v) is 20.6. The molecule has 30 heavy (non-hydrogen) atoms. The highest BCUT2D eigenvalue weighted by molar-refractivity contribution is 4.81. The molecule has 0 aliphatic carbocycles. The Hall–Kier alpha value is -0.940. The van der Waals surface area contributed by atoms with Gasteiger partial charge in [0.25, 0.3) is 0 Å². The molecule has 0 aliphatic heterocycles. The van der Waals surface area contributed by atoms with E-state index in [1.165, 1.54) is 103 Å². The van der Waals surface area contributed by atoms with E-state index in [-0.39, 0.29) is 21.8 Å². The van der Waals surface area contributed by atoms with Crippen molar-refractivity contribution in [2.75, 3.05) is 27.2 Å². The second-order valence-corrected chi connectivity index (χ2v) is 9.13. The summed E-state index contributed by atoms with van der Waals surface area (Å²) in [5.41, 5.74) is 0. The van der Waals surface area contributed by atoms with Gasteiger partial charge in [0.05, 0.1) is 27.2 Å². The van der Waals surface area contributed by atoms with Gasteiger partial charge in [0.2, 0.25) is 0 Å². The van der Waals surface area contributed by atoms with Gasteiger partial charge in [-0.05, 0) is 19.8 Å². The van der Waals surface area contributed by atoms with E-state index in [9.17, 15) is 10.2 Å². The topological polar surface area (TPSA) is 79.7 Å². The molecular weight excluding hydrogens is 378 g/mol. The summed E-state index contributed by atoms with van der Waals surface area (Å²) in [6.07, 6.45) is 23.2. The Labute approximate surface area is 187 Å². The molecule has 0 aromatic heterocycles. The molecule has 0 aromatic rings. The Morgan fingerprint density at radius 1 is 0.600 bits per heavy atom. The highest BCUT2D eigenvalue weighted by Gasteiger charge is 2.26. The van der Waals surface area contributed by atoms with Gasteiger partial charge in [0.1, 0.15) is 0 Å². The summed E-state index contributed by atoms with van der Waals surface area (Å²) >= 11 is 0. The molecule has 0 aliphatic rings. The number of nitrogens with zero attached hydrogens (tertiary/aromatic N) is 1. The van der Waals surface area contributed by atoms with Crippen LogP contribution >= 0.6 is 0 Å². The van der Waals surface area contributed by atoms with Crippen molar-refractivity contribution in [3.05, 3.63) is 11.8 Å². The second kappa shape index (κ2) is 21.3. The van der Waals surface area contributed by atoms with Crippen LogP contribution in [0.25, 0.3) is 0 Å². The highest BCUT2D eigenvalue weighted by atomic mass is 16.6. The molecule has 5 heteroatoms. The van der Waals surface area contributed by atoms with Gasteiger partial charge < -0.3 is 20.4 Å². The number of aliphatic hydroxyl groups excluding tert-OH is 2. The fourth-order valence-corrected chi connectivity index (χ4v) is 3.80. The van der Waals surface area contributed by atoms with Crippen LogP contribution in [0.4, 0.5) is 0 Å². The molecule has 0 unspecified atom stereocenters. The number of unbranched alkanes of at least 4 members (excludes halogenated alkanes) is 16. The molecule has 0 atom stereocenters. The lowest BCUT2D eigenvalue weighted by molar-refractivity contribution is -0.869. The highest BCUT2D eigenvalue weighted by Crippen LogP contribution is 2.17. The Morgan fingerprint density at radius 2 is 0.933 bits per heavy atom. The number of quaternary nitrogens is 1. The molecule has 0 saturated heterocycles. The minimum Gasteiger partial charge on any atom is -0.870 e. The van der Waals surface area contributed by atoms with Crippen LogP contribution in [0.1, 0.15) is 123 Å². The van der Waals surface area contributed by atoms with Gasteiger partial charge in [-0.15, -0.1) is 0 Å². The van der Waals surface area contributed by atoms with Crippen LogP contribution in [0.3, 0.4) is 0 Å². The van der Waals surface area contributed by atoms with Crippen molar-refractivity contribution in [2.24, 2.45) is 0 Å². The molecule has 0 radical (unpaired) electrons. The minimum absolute atomic E-state index is 0. The summed E-state index contributed by atoms with van der Waals surface area (Å²) in [5.74, 6) is -0.423. The number of hydrogen-bond donors (Lipinski definition) is 2. The maximum atomic E-state index is 10.1. The summed E-state index contributed by atoms with van der Waals surface area (Å²) in [6.45, 7) is 5.24. The molecule has 5 nitrogen and oxygen atoms in total. The first-order valence-corrected chi connectivity index (χ1v) is 12.5. The zero-order valence-electron chi connectivity index (χ0n) is 20.6. The zero-order chi connectivity index (χ0) is 21.8. The molecule has 0 rings (SSSR count). The molecule has 0 heterocycles. The predicted octanol–water partition coefficient (Wildman–Crippen LogP) is 7.82. The first kappa shape index (κ1) is 31.2. The van der Waals surface area contributed by atoms with Crippen LogP contribution in [0.2, 0.25) is 0 Å². The summed E-state index contributed by atoms with van der Waals surface area (Å²) in [6, 6.07) is 0. The van der Waals surface area contributed by atoms with Crippen LogP contribution in [0, 0.1) is 0 Å². The van der Waals surface area contributed by atoms with Gasteiger partial charge in [-0.3, -0.25) is 4.48 Å². The first-order chi connectivity index (χ1) is 14.0. The third-order valence-corrected chi connectivity index (χ3v) is 5.87. The van der Waals surface area contributed by atoms with Crippen molar-refractivity contribution in [1.29, 1.82) is 0 Å². The molecule has 0 bridgehead atoms. The number of ether oxygens (including phenoxy) is 1. The Morgan fingerprint density at radius 3 is 1.27 bits per heavy atom. The van der Waals surface area contributed by atoms with Gasteiger partial charge in [0.15, 0.2) is 0 Å². The summed E-state index contributed by atoms with van der Waals surface area (Å²) in [4.78, 5) is 0. The monoisotopic (exact) mass is 431 g/mol. The minimum atomic E-state index is -0.343. The van der Waals surface area contributed by atoms with E-state index < -0.39 is 0 Å². The smallest absolute Gasteiger partial charge is 0.382 e. The normalized spacial score (nSPS) is 12.4. The third-order valence-electron chi connectivity index (χ3n) is 5.87. The summed E-state index contributed by atoms with van der Waals surface area (Å²) in [5, 5.41) is 19.8. The van der Waals surface area contributed by atoms with Crippen molar-refractivity contribution in [2.45, 2.75) is 123 Å². The maximum absolute atomic E-state index is 10.1. The number of aliphatic hydroxyl groups is 2. The molecule has 0 saturated carbocycles. The summed E-state index contributed by atoms with van der Waals surface area (Å²) in [7, 11) is 3.80. The number of rotatable bonds is 21. The molecule has 3 N–H and O–H groups in total. The molecule has 0 fully saturated rings. The summed E-state index contributed by atoms with van der Waals surface area (Å²) < 4.78 is 5.26. The lowest BCUT2D eigenvalue weighted by Gasteiger charge is -2.27. The largest absolute Gasteiger partial charge is 0.870 e. The molecule has 182 valence electrons. The fraction of sp³-hybridized carbons (Fsp3) is 0.920. The van der Waals surface area contributed by atoms with Crippen molar-refractivity contribution in [3.8, 4) is 0 Å². The van der Waals surface area contributed by atoms with E-state index in [1.807, 2.05) is 14.1 Å². The maximum Gasteiger partial charge on any atom is 0.382 e. The molecule has 0 amide bonds. The third kappa shape index (κ3) is 17.9.